The Kier molecular flexibility index (Phi) is 6.28. The number of sulfonamides is 1. The number of carbonyl (C=O) groups excluding carboxylic acids is 1. The van der Waals surface area contributed by atoms with Crippen LogP contribution in [0.1, 0.15) is 6.92 Å². The number of amides is 1. The maximum absolute atomic E-state index is 11.2. The third-order valence-electron chi connectivity index (χ3n) is 2.97. The van der Waals surface area contributed by atoms with E-state index in [0.717, 1.165) is 0 Å². The van der Waals surface area contributed by atoms with Gasteiger partial charge in [0.2, 0.25) is 21.9 Å². The van der Waals surface area contributed by atoms with Gasteiger partial charge in [0.05, 0.1) is 9.37 Å². The van der Waals surface area contributed by atoms with E-state index in [4.69, 9.17) is 5.14 Å². The van der Waals surface area contributed by atoms with Crippen LogP contribution in [-0.4, -0.2) is 37.4 Å². The molecule has 0 aliphatic carbocycles. The molecule has 1 aromatic carbocycles. The summed E-state index contributed by atoms with van der Waals surface area (Å²) < 4.78 is 23.2. The van der Waals surface area contributed by atoms with Crippen LogP contribution in [-0.2, 0) is 14.8 Å². The molecule has 2 rings (SSSR count). The van der Waals surface area contributed by atoms with E-state index in [0.29, 0.717) is 35.0 Å². The predicted octanol–water partition coefficient (Wildman–Crippen LogP) is 1.18. The molecule has 0 aliphatic heterocycles. The number of carbonyl (C=O) groups is 1. The lowest BCUT2D eigenvalue weighted by Gasteiger charge is -2.10. The van der Waals surface area contributed by atoms with Gasteiger partial charge >= 0.3 is 0 Å². The molecule has 0 radical (unpaired) electrons. The molecule has 0 saturated carbocycles. The van der Waals surface area contributed by atoms with Crippen molar-refractivity contribution in [2.45, 2.75) is 11.8 Å². The largest absolute Gasteiger partial charge is 0.367 e. The van der Waals surface area contributed by atoms with Crippen LogP contribution in [0.3, 0.4) is 0 Å². The Morgan fingerprint density at radius 2 is 1.92 bits per heavy atom. The first-order chi connectivity index (χ1) is 11.8. The number of halogens is 1. The van der Waals surface area contributed by atoms with Crippen molar-refractivity contribution in [3.63, 3.8) is 0 Å². The Labute approximate surface area is 153 Å². The zero-order valence-corrected chi connectivity index (χ0v) is 15.7. The topological polar surface area (TPSA) is 139 Å². The zero-order valence-electron chi connectivity index (χ0n) is 13.3. The lowest BCUT2D eigenvalue weighted by molar-refractivity contribution is -0.118. The number of benzene rings is 1. The first-order valence-corrected chi connectivity index (χ1v) is 9.50. The van der Waals surface area contributed by atoms with Crippen molar-refractivity contribution >= 4 is 49.3 Å². The van der Waals surface area contributed by atoms with Gasteiger partial charge in [0.25, 0.3) is 0 Å². The standard InChI is InChI=1S/C14H17BrN6O3S/c1-9(22)17-6-7-18-13-12(15)8-19-14(21-13)20-10-2-4-11(5-3-10)25(16,23)24/h2-5,8H,6-7H2,1H3,(H,17,22)(H2,16,23,24)(H2,18,19,20,21). The van der Waals surface area contributed by atoms with Gasteiger partial charge in [-0.3, -0.25) is 4.79 Å². The van der Waals surface area contributed by atoms with Crippen LogP contribution in [0.2, 0.25) is 0 Å². The molecule has 0 bridgehead atoms. The summed E-state index contributed by atoms with van der Waals surface area (Å²) in [7, 11) is -3.73. The molecule has 0 aliphatic rings. The van der Waals surface area contributed by atoms with Gasteiger partial charge in [0.15, 0.2) is 0 Å². The number of hydrogen-bond acceptors (Lipinski definition) is 7. The van der Waals surface area contributed by atoms with Gasteiger partial charge in [-0.2, -0.15) is 4.98 Å². The van der Waals surface area contributed by atoms with E-state index < -0.39 is 10.0 Å². The number of primary sulfonamides is 1. The minimum atomic E-state index is -3.73. The Balaban J connectivity index is 2.05. The van der Waals surface area contributed by atoms with Crippen LogP contribution in [0.4, 0.5) is 17.5 Å². The maximum atomic E-state index is 11.2. The molecule has 2 aromatic rings. The highest BCUT2D eigenvalue weighted by Crippen LogP contribution is 2.22. The number of nitrogens with one attached hydrogen (secondary N) is 3. The zero-order chi connectivity index (χ0) is 18.4. The van der Waals surface area contributed by atoms with Crippen LogP contribution in [0.15, 0.2) is 39.8 Å². The van der Waals surface area contributed by atoms with Crippen LogP contribution in [0, 0.1) is 0 Å². The SMILES string of the molecule is CC(=O)NCCNc1nc(Nc2ccc(S(N)(=O)=O)cc2)ncc1Br. The number of nitrogens with zero attached hydrogens (tertiary/aromatic N) is 2. The molecular weight excluding hydrogens is 412 g/mol. The summed E-state index contributed by atoms with van der Waals surface area (Å²) in [5, 5.41) is 13.8. The number of nitrogens with two attached hydrogens (primary N) is 1. The molecule has 0 fully saturated rings. The number of aromatic nitrogens is 2. The molecule has 11 heteroatoms. The average molecular weight is 429 g/mol. The Hall–Kier alpha value is -2.24. The van der Waals surface area contributed by atoms with Crippen molar-refractivity contribution in [1.82, 2.24) is 15.3 Å². The highest BCUT2D eigenvalue weighted by atomic mass is 79.9. The molecule has 0 spiro atoms. The molecule has 25 heavy (non-hydrogen) atoms. The minimum absolute atomic E-state index is 0.0232. The number of hydrogen-bond donors (Lipinski definition) is 4. The maximum Gasteiger partial charge on any atom is 0.238 e. The molecule has 1 amide bonds. The average Bonchev–Trinajstić information content (AvgIpc) is 2.54. The normalized spacial score (nSPS) is 11.0. The van der Waals surface area contributed by atoms with Gasteiger partial charge in [-0.1, -0.05) is 0 Å². The highest BCUT2D eigenvalue weighted by Gasteiger charge is 2.08. The van der Waals surface area contributed by atoms with Crippen molar-refractivity contribution in [2.24, 2.45) is 5.14 Å². The molecule has 5 N–H and O–H groups in total. The van der Waals surface area contributed by atoms with E-state index in [1.165, 1.54) is 19.1 Å². The van der Waals surface area contributed by atoms with Gasteiger partial charge in [-0.25, -0.2) is 18.5 Å². The Bertz CT molecular complexity index is 857. The molecule has 9 nitrogen and oxygen atoms in total. The van der Waals surface area contributed by atoms with Crippen molar-refractivity contribution in [1.29, 1.82) is 0 Å². The van der Waals surface area contributed by atoms with E-state index >= 15 is 0 Å². The highest BCUT2D eigenvalue weighted by molar-refractivity contribution is 9.10. The molecule has 134 valence electrons. The van der Waals surface area contributed by atoms with Crippen LogP contribution < -0.4 is 21.1 Å². The molecule has 0 saturated heterocycles. The lowest BCUT2D eigenvalue weighted by atomic mass is 10.3. The Morgan fingerprint density at radius 1 is 1.24 bits per heavy atom. The van der Waals surface area contributed by atoms with E-state index in [-0.39, 0.29) is 10.8 Å². The van der Waals surface area contributed by atoms with E-state index in [2.05, 4.69) is 41.8 Å². The van der Waals surface area contributed by atoms with Gasteiger partial charge in [-0.05, 0) is 40.2 Å². The lowest BCUT2D eigenvalue weighted by Crippen LogP contribution is -2.26. The Morgan fingerprint density at radius 3 is 2.52 bits per heavy atom. The summed E-state index contributed by atoms with van der Waals surface area (Å²) in [5.74, 6) is 0.784. The molecule has 1 aromatic heterocycles. The van der Waals surface area contributed by atoms with Crippen LogP contribution >= 0.6 is 15.9 Å². The first-order valence-electron chi connectivity index (χ1n) is 7.16. The monoisotopic (exact) mass is 428 g/mol. The first kappa shape index (κ1) is 19.1. The fourth-order valence-corrected chi connectivity index (χ4v) is 2.67. The number of rotatable bonds is 7. The summed E-state index contributed by atoms with van der Waals surface area (Å²) >= 11 is 3.35. The van der Waals surface area contributed by atoms with Gasteiger partial charge in [-0.15, -0.1) is 0 Å². The summed E-state index contributed by atoms with van der Waals surface area (Å²) in [6.45, 7) is 2.41. The third-order valence-corrected chi connectivity index (χ3v) is 4.48. The summed E-state index contributed by atoms with van der Waals surface area (Å²) in [4.78, 5) is 19.3. The molecular formula is C14H17BrN6O3S. The second-order valence-electron chi connectivity index (χ2n) is 4.99. The smallest absolute Gasteiger partial charge is 0.238 e. The van der Waals surface area contributed by atoms with Crippen molar-refractivity contribution in [3.8, 4) is 0 Å². The summed E-state index contributed by atoms with van der Waals surface area (Å²) in [6, 6.07) is 5.91. The van der Waals surface area contributed by atoms with Crippen LogP contribution in [0.25, 0.3) is 0 Å². The third kappa shape index (κ3) is 5.96. The fraction of sp³-hybridized carbons (Fsp3) is 0.214. The second kappa shape index (κ2) is 8.23. The van der Waals surface area contributed by atoms with E-state index in [1.807, 2.05) is 0 Å². The fourth-order valence-electron chi connectivity index (χ4n) is 1.83. The minimum Gasteiger partial charge on any atom is -0.367 e. The number of anilines is 3. The predicted molar refractivity (Wildman–Crippen MR) is 98.0 cm³/mol. The molecule has 0 unspecified atom stereocenters. The van der Waals surface area contributed by atoms with Crippen molar-refractivity contribution in [3.05, 3.63) is 34.9 Å². The summed E-state index contributed by atoms with van der Waals surface area (Å²) in [6.07, 6.45) is 1.58. The van der Waals surface area contributed by atoms with Crippen molar-refractivity contribution in [2.75, 3.05) is 23.7 Å². The van der Waals surface area contributed by atoms with Crippen molar-refractivity contribution < 1.29 is 13.2 Å². The quantitative estimate of drug-likeness (QED) is 0.485. The van der Waals surface area contributed by atoms with Gasteiger partial charge in [0.1, 0.15) is 5.82 Å². The molecule has 0 atom stereocenters. The van der Waals surface area contributed by atoms with Gasteiger partial charge in [0, 0.05) is 31.9 Å². The van der Waals surface area contributed by atoms with Crippen LogP contribution in [0.5, 0.6) is 0 Å². The van der Waals surface area contributed by atoms with E-state index in [9.17, 15) is 13.2 Å². The molecule has 1 heterocycles. The summed E-state index contributed by atoms with van der Waals surface area (Å²) in [5.41, 5.74) is 0.610. The van der Waals surface area contributed by atoms with E-state index in [1.54, 1.807) is 18.3 Å². The second-order valence-corrected chi connectivity index (χ2v) is 7.41. The van der Waals surface area contributed by atoms with Gasteiger partial charge < -0.3 is 16.0 Å².